The summed E-state index contributed by atoms with van der Waals surface area (Å²) >= 11 is 5.57. The molecule has 4 heteroatoms. The first-order chi connectivity index (χ1) is 6.99. The van der Waals surface area contributed by atoms with Gasteiger partial charge in [0.2, 0.25) is 0 Å². The van der Waals surface area contributed by atoms with Crippen LogP contribution in [0.15, 0.2) is 12.3 Å². The Morgan fingerprint density at radius 3 is 2.73 bits per heavy atom. The maximum atomic E-state index is 13.3. The highest BCUT2D eigenvalue weighted by Gasteiger charge is 2.12. The number of halogens is 2. The highest BCUT2D eigenvalue weighted by atomic mass is 35.5. The molecule has 2 nitrogen and oxygen atoms in total. The lowest BCUT2D eigenvalue weighted by molar-refractivity contribution is 0.147. The number of aliphatic hydroxyl groups excluding tert-OH is 1. The summed E-state index contributed by atoms with van der Waals surface area (Å²) in [5.41, 5.74) is 0.271. The van der Waals surface area contributed by atoms with Gasteiger partial charge in [0.25, 0.3) is 0 Å². The Morgan fingerprint density at radius 2 is 2.20 bits per heavy atom. The summed E-state index contributed by atoms with van der Waals surface area (Å²) in [6.45, 7) is 4.02. The summed E-state index contributed by atoms with van der Waals surface area (Å²) in [6.07, 6.45) is 1.72. The fourth-order valence-electron chi connectivity index (χ4n) is 1.44. The molecular weight excluding hydrogens is 217 g/mol. The van der Waals surface area contributed by atoms with Crippen LogP contribution in [-0.4, -0.2) is 16.2 Å². The quantitative estimate of drug-likeness (QED) is 0.865. The van der Waals surface area contributed by atoms with Crippen molar-refractivity contribution in [3.8, 4) is 0 Å². The molecule has 1 unspecified atom stereocenters. The van der Waals surface area contributed by atoms with Gasteiger partial charge < -0.3 is 5.11 Å². The maximum absolute atomic E-state index is 13.3. The van der Waals surface area contributed by atoms with Gasteiger partial charge in [-0.05, 0) is 18.4 Å². The maximum Gasteiger partial charge on any atom is 0.146 e. The zero-order valence-electron chi connectivity index (χ0n) is 8.87. The second kappa shape index (κ2) is 5.42. The molecule has 0 radical (unpaired) electrons. The van der Waals surface area contributed by atoms with Gasteiger partial charge in [-0.2, -0.15) is 0 Å². The van der Waals surface area contributed by atoms with Crippen LogP contribution in [0.5, 0.6) is 0 Å². The van der Waals surface area contributed by atoms with E-state index in [9.17, 15) is 9.50 Å². The third kappa shape index (κ3) is 4.14. The van der Waals surface area contributed by atoms with E-state index in [1.54, 1.807) is 0 Å². The van der Waals surface area contributed by atoms with Gasteiger partial charge in [-0.1, -0.05) is 25.4 Å². The normalized spacial score (nSPS) is 13.2. The van der Waals surface area contributed by atoms with Crippen LogP contribution in [0.4, 0.5) is 4.39 Å². The van der Waals surface area contributed by atoms with Crippen LogP contribution < -0.4 is 0 Å². The number of aliphatic hydroxyl groups is 1. The molecule has 0 saturated heterocycles. The first-order valence-electron chi connectivity index (χ1n) is 4.97. The van der Waals surface area contributed by atoms with Crippen molar-refractivity contribution in [2.75, 3.05) is 0 Å². The third-order valence-electron chi connectivity index (χ3n) is 2.06. The Bertz CT molecular complexity index is 330. The highest BCUT2D eigenvalue weighted by Crippen LogP contribution is 2.15. The van der Waals surface area contributed by atoms with Crippen molar-refractivity contribution >= 4 is 11.6 Å². The fourth-order valence-corrected chi connectivity index (χ4v) is 1.59. The van der Waals surface area contributed by atoms with Crippen molar-refractivity contribution in [2.24, 2.45) is 5.92 Å². The number of nitrogens with zero attached hydrogens (tertiary/aromatic N) is 1. The Morgan fingerprint density at radius 1 is 1.53 bits per heavy atom. The highest BCUT2D eigenvalue weighted by molar-refractivity contribution is 6.30. The van der Waals surface area contributed by atoms with Crippen LogP contribution >= 0.6 is 11.6 Å². The molecule has 1 aromatic rings. The van der Waals surface area contributed by atoms with Crippen molar-refractivity contribution in [1.29, 1.82) is 0 Å². The zero-order valence-corrected chi connectivity index (χ0v) is 9.63. The van der Waals surface area contributed by atoms with E-state index >= 15 is 0 Å². The van der Waals surface area contributed by atoms with E-state index in [0.717, 1.165) is 0 Å². The lowest BCUT2D eigenvalue weighted by Gasteiger charge is -2.12. The number of hydrogen-bond donors (Lipinski definition) is 1. The molecule has 15 heavy (non-hydrogen) atoms. The minimum atomic E-state index is -0.548. The number of rotatable bonds is 4. The largest absolute Gasteiger partial charge is 0.393 e. The van der Waals surface area contributed by atoms with Crippen LogP contribution in [-0.2, 0) is 6.42 Å². The molecule has 1 atom stereocenters. The third-order valence-corrected chi connectivity index (χ3v) is 2.26. The van der Waals surface area contributed by atoms with Crippen LogP contribution in [0.1, 0.15) is 26.0 Å². The van der Waals surface area contributed by atoms with Gasteiger partial charge in [0.15, 0.2) is 0 Å². The lowest BCUT2D eigenvalue weighted by atomic mass is 10.0. The van der Waals surface area contributed by atoms with Gasteiger partial charge in [0.1, 0.15) is 5.82 Å². The molecule has 0 saturated carbocycles. The van der Waals surface area contributed by atoms with Crippen molar-refractivity contribution in [3.63, 3.8) is 0 Å². The Kier molecular flexibility index (Phi) is 4.48. The monoisotopic (exact) mass is 231 g/mol. The lowest BCUT2D eigenvalue weighted by Crippen LogP contribution is -2.15. The first-order valence-corrected chi connectivity index (χ1v) is 5.34. The minimum Gasteiger partial charge on any atom is -0.393 e. The second-order valence-corrected chi connectivity index (χ2v) is 4.51. The average molecular weight is 232 g/mol. The molecule has 1 rings (SSSR count). The van der Waals surface area contributed by atoms with E-state index in [4.69, 9.17) is 11.6 Å². The molecule has 0 aliphatic carbocycles. The first kappa shape index (κ1) is 12.4. The Balaban J connectivity index is 2.64. The van der Waals surface area contributed by atoms with Gasteiger partial charge in [0.05, 0.1) is 16.8 Å². The molecule has 1 aromatic heterocycles. The predicted molar refractivity (Wildman–Crippen MR) is 58.4 cm³/mol. The van der Waals surface area contributed by atoms with Crippen molar-refractivity contribution in [3.05, 3.63) is 28.8 Å². The SMILES string of the molecule is CC(C)CC(O)Cc1ncc(Cl)cc1F. The molecule has 0 aliphatic rings. The van der Waals surface area contributed by atoms with E-state index in [1.807, 2.05) is 13.8 Å². The number of pyridine rings is 1. The molecule has 0 spiro atoms. The van der Waals surface area contributed by atoms with Crippen molar-refractivity contribution < 1.29 is 9.50 Å². The van der Waals surface area contributed by atoms with E-state index in [1.165, 1.54) is 12.3 Å². The van der Waals surface area contributed by atoms with Crippen LogP contribution in [0.3, 0.4) is 0 Å². The molecule has 0 aliphatic heterocycles. The zero-order chi connectivity index (χ0) is 11.4. The summed E-state index contributed by atoms with van der Waals surface area (Å²) < 4.78 is 13.3. The Hall–Kier alpha value is -0.670. The topological polar surface area (TPSA) is 33.1 Å². The van der Waals surface area contributed by atoms with E-state index in [0.29, 0.717) is 12.3 Å². The molecular formula is C11H15ClFNO. The van der Waals surface area contributed by atoms with E-state index in [-0.39, 0.29) is 17.1 Å². The summed E-state index contributed by atoms with van der Waals surface area (Å²) in [7, 11) is 0. The number of aromatic nitrogens is 1. The summed E-state index contributed by atoms with van der Waals surface area (Å²) in [5.74, 6) is -0.0688. The van der Waals surface area contributed by atoms with Gasteiger partial charge in [-0.25, -0.2) is 4.39 Å². The fraction of sp³-hybridized carbons (Fsp3) is 0.545. The minimum absolute atomic E-state index is 0.237. The van der Waals surface area contributed by atoms with E-state index < -0.39 is 11.9 Å². The smallest absolute Gasteiger partial charge is 0.146 e. The van der Waals surface area contributed by atoms with Gasteiger partial charge >= 0.3 is 0 Å². The molecule has 1 N–H and O–H groups in total. The van der Waals surface area contributed by atoms with Gasteiger partial charge in [-0.15, -0.1) is 0 Å². The standard InChI is InChI=1S/C11H15ClFNO/c1-7(2)3-9(15)5-11-10(13)4-8(12)6-14-11/h4,6-7,9,15H,3,5H2,1-2H3. The van der Waals surface area contributed by atoms with E-state index in [2.05, 4.69) is 4.98 Å². The predicted octanol–water partition coefficient (Wildman–Crippen LogP) is 2.82. The Labute approximate surface area is 94.1 Å². The average Bonchev–Trinajstić information content (AvgIpc) is 2.08. The molecule has 84 valence electrons. The van der Waals surface area contributed by atoms with Crippen LogP contribution in [0.2, 0.25) is 5.02 Å². The summed E-state index contributed by atoms with van der Waals surface area (Å²) in [6, 6.07) is 1.21. The molecule has 1 heterocycles. The molecule has 0 bridgehead atoms. The summed E-state index contributed by atoms with van der Waals surface area (Å²) in [4.78, 5) is 3.86. The van der Waals surface area contributed by atoms with Gasteiger partial charge in [0, 0.05) is 12.6 Å². The second-order valence-electron chi connectivity index (χ2n) is 4.07. The van der Waals surface area contributed by atoms with Crippen LogP contribution in [0.25, 0.3) is 0 Å². The summed E-state index contributed by atoms with van der Waals surface area (Å²) in [5, 5.41) is 9.90. The van der Waals surface area contributed by atoms with Gasteiger partial charge in [-0.3, -0.25) is 4.98 Å². The molecule has 0 amide bonds. The molecule has 0 fully saturated rings. The number of hydrogen-bond acceptors (Lipinski definition) is 2. The van der Waals surface area contributed by atoms with Crippen molar-refractivity contribution in [2.45, 2.75) is 32.8 Å². The van der Waals surface area contributed by atoms with Crippen molar-refractivity contribution in [1.82, 2.24) is 4.98 Å². The van der Waals surface area contributed by atoms with Crippen LogP contribution in [0, 0.1) is 11.7 Å². The molecule has 0 aromatic carbocycles.